The van der Waals surface area contributed by atoms with E-state index in [1.165, 1.54) is 17.0 Å². The Morgan fingerprint density at radius 1 is 1.32 bits per heavy atom. The van der Waals surface area contributed by atoms with Gasteiger partial charge in [-0.15, -0.1) is 11.3 Å². The summed E-state index contributed by atoms with van der Waals surface area (Å²) in [6.07, 6.45) is 1.70. The fraction of sp³-hybridized carbons (Fsp3) is 0.357. The molecule has 2 nitrogen and oxygen atoms in total. The average molecular weight is 297 g/mol. The molecule has 0 bridgehead atoms. The van der Waals surface area contributed by atoms with Crippen LogP contribution in [0, 0.1) is 5.82 Å². The van der Waals surface area contributed by atoms with Crippen LogP contribution in [0.5, 0.6) is 5.75 Å². The molecule has 0 aliphatic rings. The van der Waals surface area contributed by atoms with Gasteiger partial charge in [0.05, 0.1) is 17.3 Å². The highest BCUT2D eigenvalue weighted by Gasteiger charge is 2.08. The summed E-state index contributed by atoms with van der Waals surface area (Å²) in [7, 11) is 0. The first-order chi connectivity index (χ1) is 9.22. The monoisotopic (exact) mass is 297 g/mol. The fourth-order valence-corrected chi connectivity index (χ4v) is 3.10. The van der Waals surface area contributed by atoms with E-state index < -0.39 is 0 Å². The highest BCUT2D eigenvalue weighted by atomic mass is 32.1. The van der Waals surface area contributed by atoms with E-state index in [2.05, 4.69) is 24.5 Å². The summed E-state index contributed by atoms with van der Waals surface area (Å²) in [4.78, 5) is 5.81. The summed E-state index contributed by atoms with van der Waals surface area (Å²) in [6, 6.07) is 6.06. The van der Waals surface area contributed by atoms with E-state index in [0.717, 1.165) is 29.3 Å². The van der Waals surface area contributed by atoms with E-state index in [1.807, 2.05) is 0 Å². The lowest BCUT2D eigenvalue weighted by Crippen LogP contribution is -2.01. The smallest absolute Gasteiger partial charge is 0.123 e. The lowest BCUT2D eigenvalue weighted by molar-refractivity contribution is 0.321. The summed E-state index contributed by atoms with van der Waals surface area (Å²) < 4.78 is 18.3. The Labute approximate surface area is 122 Å². The van der Waals surface area contributed by atoms with E-state index in [4.69, 9.17) is 4.74 Å². The van der Waals surface area contributed by atoms with Crippen molar-refractivity contribution < 1.29 is 9.13 Å². The predicted molar refractivity (Wildman–Crippen MR) is 79.8 cm³/mol. The molecule has 0 unspecified atom stereocenters. The van der Waals surface area contributed by atoms with Crippen LogP contribution in [0.25, 0.3) is 0 Å². The van der Waals surface area contributed by atoms with Crippen molar-refractivity contribution in [2.45, 2.75) is 25.5 Å². The highest BCUT2D eigenvalue weighted by molar-refractivity contribution is 7.79. The lowest BCUT2D eigenvalue weighted by atomic mass is 10.3. The zero-order valence-corrected chi connectivity index (χ0v) is 12.4. The van der Waals surface area contributed by atoms with Gasteiger partial charge in [-0.05, 0) is 30.7 Å². The van der Waals surface area contributed by atoms with Crippen LogP contribution in [0.4, 0.5) is 4.39 Å². The van der Waals surface area contributed by atoms with E-state index in [0.29, 0.717) is 12.4 Å². The molecule has 1 aromatic heterocycles. The molecule has 1 aromatic carbocycles. The Hall–Kier alpha value is -1.07. The number of aryl methyl sites for hydroxylation is 1. The second kappa shape index (κ2) is 6.91. The van der Waals surface area contributed by atoms with Gasteiger partial charge in [-0.2, -0.15) is 12.6 Å². The number of halogens is 1. The average Bonchev–Trinajstić information content (AvgIpc) is 2.83. The SMILES string of the molecule is CCc1nc(CCOc2ccc(F)cc2)sc1CS. The van der Waals surface area contributed by atoms with E-state index in [1.54, 1.807) is 23.5 Å². The normalized spacial score (nSPS) is 10.7. The molecule has 0 saturated heterocycles. The Balaban J connectivity index is 1.88. The van der Waals surface area contributed by atoms with Crippen LogP contribution in [-0.4, -0.2) is 11.6 Å². The van der Waals surface area contributed by atoms with Crippen molar-refractivity contribution in [1.29, 1.82) is 0 Å². The Bertz CT molecular complexity index is 503. The van der Waals surface area contributed by atoms with Gasteiger partial charge in [-0.3, -0.25) is 0 Å². The third-order valence-electron chi connectivity index (χ3n) is 2.70. The fourth-order valence-electron chi connectivity index (χ4n) is 1.73. The molecule has 1 heterocycles. The molecule has 0 fully saturated rings. The molecule has 0 radical (unpaired) electrons. The first-order valence-electron chi connectivity index (χ1n) is 6.19. The van der Waals surface area contributed by atoms with Gasteiger partial charge in [-0.25, -0.2) is 9.37 Å². The zero-order chi connectivity index (χ0) is 13.7. The maximum atomic E-state index is 12.7. The van der Waals surface area contributed by atoms with Crippen LogP contribution in [0.2, 0.25) is 0 Å². The largest absolute Gasteiger partial charge is 0.493 e. The molecule has 2 rings (SSSR count). The van der Waals surface area contributed by atoms with Crippen molar-refractivity contribution in [3.8, 4) is 5.75 Å². The second-order valence-corrected chi connectivity index (χ2v) is 5.53. The van der Waals surface area contributed by atoms with Crippen molar-refractivity contribution in [3.63, 3.8) is 0 Å². The van der Waals surface area contributed by atoms with Crippen LogP contribution in [0.3, 0.4) is 0 Å². The van der Waals surface area contributed by atoms with Crippen molar-refractivity contribution >= 4 is 24.0 Å². The molecule has 2 aromatic rings. The van der Waals surface area contributed by atoms with Crippen LogP contribution < -0.4 is 4.74 Å². The molecule has 0 spiro atoms. The van der Waals surface area contributed by atoms with Crippen LogP contribution in [0.15, 0.2) is 24.3 Å². The van der Waals surface area contributed by atoms with Crippen molar-refractivity contribution in [1.82, 2.24) is 4.98 Å². The summed E-state index contributed by atoms with van der Waals surface area (Å²) in [5.41, 5.74) is 1.14. The first-order valence-corrected chi connectivity index (χ1v) is 7.64. The Morgan fingerprint density at radius 3 is 2.63 bits per heavy atom. The van der Waals surface area contributed by atoms with E-state index in [9.17, 15) is 4.39 Å². The van der Waals surface area contributed by atoms with Crippen molar-refractivity contribution in [2.24, 2.45) is 0 Å². The van der Waals surface area contributed by atoms with Gasteiger partial charge in [-0.1, -0.05) is 6.92 Å². The molecule has 0 atom stereocenters. The first kappa shape index (κ1) is 14.3. The topological polar surface area (TPSA) is 22.1 Å². The summed E-state index contributed by atoms with van der Waals surface area (Å²) in [5, 5.41) is 1.07. The minimum Gasteiger partial charge on any atom is -0.493 e. The summed E-state index contributed by atoms with van der Waals surface area (Å²) in [6.45, 7) is 2.65. The van der Waals surface area contributed by atoms with Gasteiger partial charge < -0.3 is 4.74 Å². The lowest BCUT2D eigenvalue weighted by Gasteiger charge is -2.04. The van der Waals surface area contributed by atoms with Gasteiger partial charge in [0, 0.05) is 17.1 Å². The number of benzene rings is 1. The molecule has 0 N–H and O–H groups in total. The number of aromatic nitrogens is 1. The number of thiol groups is 1. The zero-order valence-electron chi connectivity index (χ0n) is 10.7. The predicted octanol–water partition coefficient (Wildman–Crippen LogP) is 3.90. The van der Waals surface area contributed by atoms with Crippen LogP contribution >= 0.6 is 24.0 Å². The quantitative estimate of drug-likeness (QED) is 0.817. The molecule has 0 saturated carbocycles. The minimum absolute atomic E-state index is 0.252. The molecule has 0 aliphatic heterocycles. The molecular weight excluding hydrogens is 281 g/mol. The highest BCUT2D eigenvalue weighted by Crippen LogP contribution is 2.21. The number of rotatable bonds is 6. The second-order valence-electron chi connectivity index (χ2n) is 4.04. The maximum absolute atomic E-state index is 12.7. The van der Waals surface area contributed by atoms with E-state index >= 15 is 0 Å². The van der Waals surface area contributed by atoms with Gasteiger partial charge >= 0.3 is 0 Å². The number of hydrogen-bond donors (Lipinski definition) is 1. The third kappa shape index (κ3) is 3.94. The molecule has 0 aliphatic carbocycles. The maximum Gasteiger partial charge on any atom is 0.123 e. The van der Waals surface area contributed by atoms with Crippen molar-refractivity contribution in [3.05, 3.63) is 45.7 Å². The molecule has 102 valence electrons. The molecule has 5 heteroatoms. The number of thiazole rings is 1. The van der Waals surface area contributed by atoms with Crippen LogP contribution in [-0.2, 0) is 18.6 Å². The Morgan fingerprint density at radius 2 is 2.05 bits per heavy atom. The molecule has 19 heavy (non-hydrogen) atoms. The molecule has 0 amide bonds. The number of hydrogen-bond acceptors (Lipinski definition) is 4. The van der Waals surface area contributed by atoms with Gasteiger partial charge in [0.25, 0.3) is 0 Å². The minimum atomic E-state index is -0.252. The van der Waals surface area contributed by atoms with Gasteiger partial charge in [0.1, 0.15) is 11.6 Å². The number of nitrogens with zero attached hydrogens (tertiary/aromatic N) is 1. The summed E-state index contributed by atoms with van der Waals surface area (Å²) in [5.74, 6) is 1.17. The van der Waals surface area contributed by atoms with Gasteiger partial charge in [0.15, 0.2) is 0 Å². The van der Waals surface area contributed by atoms with E-state index in [-0.39, 0.29) is 5.82 Å². The summed E-state index contributed by atoms with van der Waals surface area (Å²) >= 11 is 6.00. The third-order valence-corrected chi connectivity index (χ3v) is 4.39. The van der Waals surface area contributed by atoms with Gasteiger partial charge in [0.2, 0.25) is 0 Å². The Kier molecular flexibility index (Phi) is 5.22. The molecular formula is C14H16FNOS2. The number of ether oxygens (including phenoxy) is 1. The standard InChI is InChI=1S/C14H16FNOS2/c1-2-12-13(9-18)19-14(16-12)7-8-17-11-5-3-10(15)4-6-11/h3-6,18H,2,7-9H2,1H3. The van der Waals surface area contributed by atoms with Crippen LogP contribution in [0.1, 0.15) is 22.5 Å². The van der Waals surface area contributed by atoms with Crippen molar-refractivity contribution in [2.75, 3.05) is 6.61 Å².